The molecule has 116 valence electrons. The molecular weight excluding hydrogens is 274 g/mol. The van der Waals surface area contributed by atoms with E-state index in [4.69, 9.17) is 9.47 Å². The zero-order chi connectivity index (χ0) is 15.8. The predicted octanol–water partition coefficient (Wildman–Crippen LogP) is 4.40. The third kappa shape index (κ3) is 5.10. The highest BCUT2D eigenvalue weighted by Gasteiger charge is 2.23. The number of benzene rings is 2. The second kappa shape index (κ2) is 7.87. The summed E-state index contributed by atoms with van der Waals surface area (Å²) in [5.41, 5.74) is 2.24. The molecule has 0 saturated heterocycles. The molecule has 2 aromatic rings. The van der Waals surface area contributed by atoms with Gasteiger partial charge in [-0.05, 0) is 25.0 Å². The quantitative estimate of drug-likeness (QED) is 0.560. The number of hydrogen-bond acceptors (Lipinski definition) is 3. The maximum absolute atomic E-state index is 6.04. The Hall–Kier alpha value is -1.97. The molecule has 3 nitrogen and oxygen atoms in total. The third-order valence-corrected chi connectivity index (χ3v) is 3.39. The molecule has 0 bridgehead atoms. The van der Waals surface area contributed by atoms with E-state index in [1.54, 1.807) is 7.11 Å². The first-order valence-electron chi connectivity index (χ1n) is 7.42. The normalized spacial score (nSPS) is 13.4. The molecular formula is C19H23NO2. The van der Waals surface area contributed by atoms with Gasteiger partial charge in [-0.1, -0.05) is 60.7 Å². The van der Waals surface area contributed by atoms with Gasteiger partial charge in [0.05, 0.1) is 6.54 Å². The van der Waals surface area contributed by atoms with E-state index in [0.717, 1.165) is 5.56 Å². The van der Waals surface area contributed by atoms with Crippen LogP contribution in [-0.2, 0) is 16.0 Å². The van der Waals surface area contributed by atoms with Crippen molar-refractivity contribution in [1.82, 2.24) is 0 Å². The van der Waals surface area contributed by atoms with E-state index >= 15 is 0 Å². The van der Waals surface area contributed by atoms with E-state index in [1.165, 1.54) is 5.56 Å². The maximum atomic E-state index is 6.04. The molecule has 0 spiro atoms. The van der Waals surface area contributed by atoms with Crippen LogP contribution in [0.25, 0.3) is 0 Å². The monoisotopic (exact) mass is 297 g/mol. The summed E-state index contributed by atoms with van der Waals surface area (Å²) in [6.45, 7) is 4.43. The summed E-state index contributed by atoms with van der Waals surface area (Å²) in [6.07, 6.45) is 1.61. The fourth-order valence-corrected chi connectivity index (χ4v) is 2.02. The van der Waals surface area contributed by atoms with Gasteiger partial charge in [0, 0.05) is 13.3 Å². The van der Waals surface area contributed by atoms with Gasteiger partial charge in [0.15, 0.2) is 5.79 Å². The first-order valence-corrected chi connectivity index (χ1v) is 7.42. The minimum absolute atomic E-state index is 0.236. The minimum Gasteiger partial charge on any atom is -0.354 e. The molecule has 0 aliphatic carbocycles. The van der Waals surface area contributed by atoms with Crippen molar-refractivity contribution in [2.75, 3.05) is 7.11 Å². The van der Waals surface area contributed by atoms with E-state index in [1.807, 2.05) is 68.6 Å². The number of rotatable bonds is 7. The van der Waals surface area contributed by atoms with E-state index in [-0.39, 0.29) is 6.10 Å². The van der Waals surface area contributed by atoms with Gasteiger partial charge >= 0.3 is 0 Å². The molecule has 0 N–H and O–H groups in total. The highest BCUT2D eigenvalue weighted by Crippen LogP contribution is 2.23. The van der Waals surface area contributed by atoms with Gasteiger partial charge in [-0.25, -0.2) is 0 Å². The second-order valence-electron chi connectivity index (χ2n) is 5.53. The lowest BCUT2D eigenvalue weighted by molar-refractivity contribution is -0.210. The number of nitrogens with zero attached hydrogens (tertiary/aromatic N) is 1. The Morgan fingerprint density at radius 2 is 1.59 bits per heavy atom. The average Bonchev–Trinajstić information content (AvgIpc) is 2.56. The van der Waals surface area contributed by atoms with Crippen LogP contribution in [0.15, 0.2) is 65.7 Å². The first kappa shape index (κ1) is 16.4. The van der Waals surface area contributed by atoms with Crippen molar-refractivity contribution in [2.24, 2.45) is 4.99 Å². The lowest BCUT2D eigenvalue weighted by Crippen LogP contribution is -2.29. The van der Waals surface area contributed by atoms with Crippen molar-refractivity contribution in [2.45, 2.75) is 32.3 Å². The Bertz CT molecular complexity index is 579. The molecule has 0 unspecified atom stereocenters. The van der Waals surface area contributed by atoms with Gasteiger partial charge in [0.2, 0.25) is 0 Å². The molecule has 0 aliphatic heterocycles. The van der Waals surface area contributed by atoms with Crippen molar-refractivity contribution < 1.29 is 9.47 Å². The molecule has 2 aromatic carbocycles. The summed E-state index contributed by atoms with van der Waals surface area (Å²) >= 11 is 0. The van der Waals surface area contributed by atoms with Gasteiger partial charge in [-0.2, -0.15) is 0 Å². The second-order valence-corrected chi connectivity index (χ2v) is 5.53. The molecule has 3 heteroatoms. The van der Waals surface area contributed by atoms with E-state index in [9.17, 15) is 0 Å². The van der Waals surface area contributed by atoms with E-state index in [0.29, 0.717) is 6.54 Å². The standard InChI is InChI=1S/C19H23NO2/c1-19(2,21-3)22-18(17-12-8-5-9-13-17)15-20-14-16-10-6-4-7-11-16/h4-13,15,18H,14H2,1-3H3/t18-/m0/s1. The van der Waals surface area contributed by atoms with Gasteiger partial charge < -0.3 is 9.47 Å². The van der Waals surface area contributed by atoms with E-state index < -0.39 is 5.79 Å². The van der Waals surface area contributed by atoms with Crippen LogP contribution >= 0.6 is 0 Å². The van der Waals surface area contributed by atoms with Crippen molar-refractivity contribution >= 4 is 6.21 Å². The summed E-state index contributed by atoms with van der Waals surface area (Å²) in [7, 11) is 1.64. The van der Waals surface area contributed by atoms with Crippen LogP contribution in [0, 0.1) is 0 Å². The minimum atomic E-state index is -0.667. The third-order valence-electron chi connectivity index (χ3n) is 3.39. The summed E-state index contributed by atoms with van der Waals surface area (Å²) in [4.78, 5) is 4.53. The van der Waals surface area contributed by atoms with Crippen LogP contribution in [-0.4, -0.2) is 19.1 Å². The Balaban J connectivity index is 2.11. The smallest absolute Gasteiger partial charge is 0.163 e. The number of aliphatic imine (C=N–C) groups is 1. The number of ether oxygens (including phenoxy) is 2. The Kier molecular flexibility index (Phi) is 5.87. The summed E-state index contributed by atoms with van der Waals surface area (Å²) in [6, 6.07) is 20.2. The zero-order valence-electron chi connectivity index (χ0n) is 13.4. The van der Waals surface area contributed by atoms with Gasteiger partial charge in [-0.15, -0.1) is 0 Å². The maximum Gasteiger partial charge on any atom is 0.163 e. The lowest BCUT2D eigenvalue weighted by atomic mass is 10.1. The van der Waals surface area contributed by atoms with Crippen molar-refractivity contribution in [3.63, 3.8) is 0 Å². The number of hydrogen-bond donors (Lipinski definition) is 0. The topological polar surface area (TPSA) is 30.8 Å². The SMILES string of the molecule is COC(C)(C)O[C@@H](C=NCc1ccccc1)c1ccccc1. The fourth-order valence-electron chi connectivity index (χ4n) is 2.02. The molecule has 0 saturated carbocycles. The molecule has 1 atom stereocenters. The molecule has 0 radical (unpaired) electrons. The summed E-state index contributed by atoms with van der Waals surface area (Å²) in [5, 5.41) is 0. The van der Waals surface area contributed by atoms with Gasteiger partial charge in [-0.3, -0.25) is 4.99 Å². The van der Waals surface area contributed by atoms with Gasteiger partial charge in [0.25, 0.3) is 0 Å². The number of methoxy groups -OCH3 is 1. The van der Waals surface area contributed by atoms with Crippen LogP contribution in [0.5, 0.6) is 0 Å². The zero-order valence-corrected chi connectivity index (χ0v) is 13.4. The molecule has 0 fully saturated rings. The molecule has 22 heavy (non-hydrogen) atoms. The van der Waals surface area contributed by atoms with Gasteiger partial charge in [0.1, 0.15) is 6.10 Å². The molecule has 0 aliphatic rings. The molecule has 0 amide bonds. The van der Waals surface area contributed by atoms with Crippen LogP contribution in [0.4, 0.5) is 0 Å². The van der Waals surface area contributed by atoms with Crippen molar-refractivity contribution in [3.8, 4) is 0 Å². The summed E-state index contributed by atoms with van der Waals surface area (Å²) in [5.74, 6) is -0.667. The Labute approximate surface area is 132 Å². The predicted molar refractivity (Wildman–Crippen MR) is 90.0 cm³/mol. The van der Waals surface area contributed by atoms with Crippen molar-refractivity contribution in [3.05, 3.63) is 71.8 Å². The molecule has 2 rings (SSSR count). The lowest BCUT2D eigenvalue weighted by Gasteiger charge is -2.28. The Morgan fingerprint density at radius 3 is 2.18 bits per heavy atom. The first-order chi connectivity index (χ1) is 10.6. The molecule has 0 aromatic heterocycles. The largest absolute Gasteiger partial charge is 0.354 e. The fraction of sp³-hybridized carbons (Fsp3) is 0.316. The Morgan fingerprint density at radius 1 is 1.00 bits per heavy atom. The van der Waals surface area contributed by atoms with Crippen LogP contribution in [0.1, 0.15) is 31.1 Å². The average molecular weight is 297 g/mol. The highest BCUT2D eigenvalue weighted by molar-refractivity contribution is 5.66. The van der Waals surface area contributed by atoms with E-state index in [2.05, 4.69) is 17.1 Å². The van der Waals surface area contributed by atoms with Crippen LogP contribution in [0.2, 0.25) is 0 Å². The van der Waals surface area contributed by atoms with Crippen molar-refractivity contribution in [1.29, 1.82) is 0 Å². The van der Waals surface area contributed by atoms with Crippen LogP contribution < -0.4 is 0 Å². The van der Waals surface area contributed by atoms with Crippen LogP contribution in [0.3, 0.4) is 0 Å². The summed E-state index contributed by atoms with van der Waals surface area (Å²) < 4.78 is 11.4. The molecule has 0 heterocycles. The highest BCUT2D eigenvalue weighted by atomic mass is 16.7.